The third-order valence-corrected chi connectivity index (χ3v) is 3.48. The molecule has 0 saturated carbocycles. The lowest BCUT2D eigenvalue weighted by molar-refractivity contribution is 0.509. The van der Waals surface area contributed by atoms with Crippen molar-refractivity contribution in [2.24, 2.45) is 11.0 Å². The predicted molar refractivity (Wildman–Crippen MR) is 86.3 cm³/mol. The Morgan fingerprint density at radius 1 is 1.23 bits per heavy atom. The molecule has 2 aromatic rings. The van der Waals surface area contributed by atoms with Crippen molar-refractivity contribution in [3.63, 3.8) is 0 Å². The lowest BCUT2D eigenvalue weighted by Crippen LogP contribution is -2.08. The molecule has 118 valence electrons. The van der Waals surface area contributed by atoms with Crippen LogP contribution in [0.2, 0.25) is 0 Å². The first kappa shape index (κ1) is 16.2. The van der Waals surface area contributed by atoms with E-state index in [1.54, 1.807) is 6.21 Å². The number of hydrogen-bond donors (Lipinski definition) is 1. The Morgan fingerprint density at radius 3 is 2.59 bits per heavy atom. The highest BCUT2D eigenvalue weighted by Gasteiger charge is 2.08. The minimum atomic E-state index is -0.664. The van der Waals surface area contributed by atoms with Crippen molar-refractivity contribution in [1.82, 2.24) is 4.57 Å². The number of hydrazone groups is 1. The van der Waals surface area contributed by atoms with Crippen molar-refractivity contribution in [3.05, 3.63) is 52.9 Å². The van der Waals surface area contributed by atoms with Gasteiger partial charge in [0.15, 0.2) is 5.82 Å². The van der Waals surface area contributed by atoms with Crippen LogP contribution in [-0.4, -0.2) is 10.8 Å². The Morgan fingerprint density at radius 2 is 1.95 bits per heavy atom. The lowest BCUT2D eigenvalue weighted by Gasteiger charge is -2.11. The summed E-state index contributed by atoms with van der Waals surface area (Å²) in [4.78, 5) is 0. The zero-order chi connectivity index (χ0) is 16.3. The second-order valence-electron chi connectivity index (χ2n) is 5.83. The fourth-order valence-electron chi connectivity index (χ4n) is 2.36. The van der Waals surface area contributed by atoms with Crippen molar-refractivity contribution < 1.29 is 8.78 Å². The van der Waals surface area contributed by atoms with Crippen LogP contribution in [0.15, 0.2) is 29.4 Å². The van der Waals surface area contributed by atoms with Gasteiger partial charge in [-0.1, -0.05) is 13.8 Å². The molecule has 0 saturated heterocycles. The van der Waals surface area contributed by atoms with Crippen LogP contribution in [-0.2, 0) is 6.54 Å². The van der Waals surface area contributed by atoms with E-state index in [1.807, 2.05) is 13.0 Å². The summed E-state index contributed by atoms with van der Waals surface area (Å²) in [5.41, 5.74) is 6.02. The van der Waals surface area contributed by atoms with Gasteiger partial charge in [-0.15, -0.1) is 0 Å². The maximum absolute atomic E-state index is 13.5. The molecule has 0 bridgehead atoms. The third-order valence-electron chi connectivity index (χ3n) is 3.48. The summed E-state index contributed by atoms with van der Waals surface area (Å²) >= 11 is 0. The van der Waals surface area contributed by atoms with Crippen LogP contribution in [0, 0.1) is 31.4 Å². The quantitative estimate of drug-likeness (QED) is 0.640. The van der Waals surface area contributed by atoms with Crippen LogP contribution in [0.25, 0.3) is 0 Å². The molecule has 1 N–H and O–H groups in total. The molecule has 1 aromatic heterocycles. The highest BCUT2D eigenvalue weighted by molar-refractivity contribution is 5.82. The molecule has 1 aromatic carbocycles. The first-order chi connectivity index (χ1) is 10.4. The summed E-state index contributed by atoms with van der Waals surface area (Å²) in [6, 6.07) is 5.38. The van der Waals surface area contributed by atoms with E-state index in [4.69, 9.17) is 0 Å². The summed E-state index contributed by atoms with van der Waals surface area (Å²) in [5.74, 6) is -0.715. The van der Waals surface area contributed by atoms with Crippen molar-refractivity contribution in [2.75, 3.05) is 5.43 Å². The van der Waals surface area contributed by atoms with Crippen LogP contribution in [0.3, 0.4) is 0 Å². The predicted octanol–water partition coefficient (Wildman–Crippen LogP) is 4.49. The van der Waals surface area contributed by atoms with Crippen LogP contribution < -0.4 is 5.43 Å². The number of benzene rings is 1. The van der Waals surface area contributed by atoms with Gasteiger partial charge in [-0.2, -0.15) is 5.10 Å². The molecule has 22 heavy (non-hydrogen) atoms. The Balaban J connectivity index is 2.13. The van der Waals surface area contributed by atoms with E-state index >= 15 is 0 Å². The average molecular weight is 305 g/mol. The number of nitrogens with zero attached hydrogens (tertiary/aromatic N) is 2. The van der Waals surface area contributed by atoms with Gasteiger partial charge in [0.25, 0.3) is 0 Å². The van der Waals surface area contributed by atoms with Gasteiger partial charge in [0.05, 0.1) is 11.9 Å². The average Bonchev–Trinajstić information content (AvgIpc) is 2.68. The number of anilines is 1. The van der Waals surface area contributed by atoms with Crippen LogP contribution >= 0.6 is 0 Å². The minimum absolute atomic E-state index is 0.147. The molecule has 5 heteroatoms. The molecule has 0 aliphatic rings. The van der Waals surface area contributed by atoms with Crippen molar-refractivity contribution in [1.29, 1.82) is 0 Å². The summed E-state index contributed by atoms with van der Waals surface area (Å²) in [5, 5.41) is 4.05. The first-order valence-electron chi connectivity index (χ1n) is 7.29. The van der Waals surface area contributed by atoms with E-state index in [0.717, 1.165) is 23.9 Å². The molecule has 0 aliphatic carbocycles. The van der Waals surface area contributed by atoms with Crippen LogP contribution in [0.1, 0.15) is 30.8 Å². The zero-order valence-corrected chi connectivity index (χ0v) is 13.3. The van der Waals surface area contributed by atoms with E-state index in [0.29, 0.717) is 5.92 Å². The number of halogens is 2. The molecule has 0 unspecified atom stereocenters. The second kappa shape index (κ2) is 6.73. The molecular weight excluding hydrogens is 284 g/mol. The van der Waals surface area contributed by atoms with Gasteiger partial charge in [-0.3, -0.25) is 5.43 Å². The molecule has 0 amide bonds. The number of aromatic nitrogens is 1. The highest BCUT2D eigenvalue weighted by atomic mass is 19.1. The van der Waals surface area contributed by atoms with Gasteiger partial charge in [-0.25, -0.2) is 8.78 Å². The monoisotopic (exact) mass is 305 g/mol. The Kier molecular flexibility index (Phi) is 4.96. The summed E-state index contributed by atoms with van der Waals surface area (Å²) in [6.07, 6.45) is 1.65. The van der Waals surface area contributed by atoms with Gasteiger partial charge < -0.3 is 4.57 Å². The number of hydrogen-bond acceptors (Lipinski definition) is 2. The minimum Gasteiger partial charge on any atom is -0.348 e. The maximum Gasteiger partial charge on any atom is 0.151 e. The van der Waals surface area contributed by atoms with E-state index in [-0.39, 0.29) is 5.69 Å². The third kappa shape index (κ3) is 3.72. The molecule has 3 nitrogen and oxygen atoms in total. The SMILES string of the molecule is Cc1cc(/C=N\Nc2ccc(F)cc2F)c(C)n1CC(C)C. The van der Waals surface area contributed by atoms with Crippen molar-refractivity contribution in [3.8, 4) is 0 Å². The Labute approximate surface area is 129 Å². The first-order valence-corrected chi connectivity index (χ1v) is 7.29. The fourth-order valence-corrected chi connectivity index (χ4v) is 2.36. The van der Waals surface area contributed by atoms with Gasteiger partial charge in [0.2, 0.25) is 0 Å². The van der Waals surface area contributed by atoms with E-state index < -0.39 is 11.6 Å². The van der Waals surface area contributed by atoms with E-state index in [1.165, 1.54) is 17.8 Å². The van der Waals surface area contributed by atoms with Crippen molar-refractivity contribution >= 4 is 11.9 Å². The molecule has 1 heterocycles. The van der Waals surface area contributed by atoms with Gasteiger partial charge in [0, 0.05) is 29.6 Å². The Bertz CT molecular complexity index is 687. The molecule has 0 radical (unpaired) electrons. The van der Waals surface area contributed by atoms with E-state index in [2.05, 4.69) is 35.9 Å². The van der Waals surface area contributed by atoms with Crippen LogP contribution in [0.5, 0.6) is 0 Å². The smallest absolute Gasteiger partial charge is 0.151 e. The van der Waals surface area contributed by atoms with Crippen molar-refractivity contribution in [2.45, 2.75) is 34.2 Å². The number of nitrogens with one attached hydrogen (secondary N) is 1. The van der Waals surface area contributed by atoms with E-state index in [9.17, 15) is 8.78 Å². The highest BCUT2D eigenvalue weighted by Crippen LogP contribution is 2.17. The molecule has 2 rings (SSSR count). The topological polar surface area (TPSA) is 29.3 Å². The zero-order valence-electron chi connectivity index (χ0n) is 13.3. The summed E-state index contributed by atoms with van der Waals surface area (Å²) < 4.78 is 28.6. The van der Waals surface area contributed by atoms with Crippen LogP contribution in [0.4, 0.5) is 14.5 Å². The molecule has 0 atom stereocenters. The fraction of sp³-hybridized carbons (Fsp3) is 0.353. The van der Waals surface area contributed by atoms with Gasteiger partial charge in [0.1, 0.15) is 5.82 Å². The molecule has 0 fully saturated rings. The van der Waals surface area contributed by atoms with Gasteiger partial charge >= 0.3 is 0 Å². The largest absolute Gasteiger partial charge is 0.348 e. The number of rotatable bonds is 5. The standard InChI is InChI=1S/C17H21F2N3/c1-11(2)10-22-12(3)7-14(13(22)4)9-20-21-17-6-5-15(18)8-16(17)19/h5-9,11,21H,10H2,1-4H3/b20-9-. The number of aryl methyl sites for hydroxylation is 1. The summed E-state index contributed by atoms with van der Waals surface area (Å²) in [6.45, 7) is 9.39. The normalized spacial score (nSPS) is 11.6. The molecular formula is C17H21F2N3. The lowest BCUT2D eigenvalue weighted by atomic mass is 10.2. The second-order valence-corrected chi connectivity index (χ2v) is 5.83. The van der Waals surface area contributed by atoms with Gasteiger partial charge in [-0.05, 0) is 38.0 Å². The summed E-state index contributed by atoms with van der Waals surface area (Å²) in [7, 11) is 0. The molecule has 0 aliphatic heterocycles. The molecule has 0 spiro atoms. The maximum atomic E-state index is 13.5. The Hall–Kier alpha value is -2.17.